The lowest BCUT2D eigenvalue weighted by molar-refractivity contribution is 0.443. The third-order valence-corrected chi connectivity index (χ3v) is 3.12. The van der Waals surface area contributed by atoms with Crippen LogP contribution in [0.2, 0.25) is 0 Å². The largest absolute Gasteiger partial charge is 0.507 e. The minimum atomic E-state index is 0. The molecule has 0 aliphatic carbocycles. The molecule has 0 spiro atoms. The Balaban J connectivity index is 0.00000120. The van der Waals surface area contributed by atoms with Crippen molar-refractivity contribution < 1.29 is 5.11 Å². The van der Waals surface area contributed by atoms with Crippen LogP contribution in [0.4, 0.5) is 0 Å². The summed E-state index contributed by atoms with van der Waals surface area (Å²) in [5, 5.41) is 13.3. The summed E-state index contributed by atoms with van der Waals surface area (Å²) in [6.45, 7) is 1.91. The maximum absolute atomic E-state index is 10.0. The van der Waals surface area contributed by atoms with Gasteiger partial charge in [-0.2, -0.15) is 0 Å². The van der Waals surface area contributed by atoms with Gasteiger partial charge in [0.15, 0.2) is 0 Å². The normalized spacial score (nSPS) is 14.7. The Morgan fingerprint density at radius 1 is 1.22 bits per heavy atom. The standard InChI is InChI=1S/C13H13N3O.ClH/c17-12-3-1-2-10(9-6-15-7-9)13(12)11-8-14-4-5-16-11;/h1-5,8-9,15,17H,6-7H2;1H. The Labute approximate surface area is 112 Å². The second kappa shape index (κ2) is 5.33. The van der Waals surface area contributed by atoms with Crippen LogP contribution in [0.25, 0.3) is 11.3 Å². The molecule has 0 saturated carbocycles. The van der Waals surface area contributed by atoms with Gasteiger partial charge in [-0.1, -0.05) is 12.1 Å². The molecule has 3 rings (SSSR count). The second-order valence-electron chi connectivity index (χ2n) is 4.19. The third-order valence-electron chi connectivity index (χ3n) is 3.12. The quantitative estimate of drug-likeness (QED) is 0.870. The molecule has 18 heavy (non-hydrogen) atoms. The summed E-state index contributed by atoms with van der Waals surface area (Å²) in [4.78, 5) is 8.33. The molecule has 1 aliphatic rings. The van der Waals surface area contributed by atoms with Gasteiger partial charge < -0.3 is 10.4 Å². The van der Waals surface area contributed by atoms with Crippen molar-refractivity contribution in [2.75, 3.05) is 13.1 Å². The van der Waals surface area contributed by atoms with E-state index >= 15 is 0 Å². The molecule has 2 N–H and O–H groups in total. The number of rotatable bonds is 2. The molecule has 2 heterocycles. The molecule has 1 saturated heterocycles. The first-order valence-corrected chi connectivity index (χ1v) is 5.65. The van der Waals surface area contributed by atoms with Crippen molar-refractivity contribution in [1.82, 2.24) is 15.3 Å². The van der Waals surface area contributed by atoms with Crippen LogP contribution in [0.1, 0.15) is 11.5 Å². The van der Waals surface area contributed by atoms with Crippen molar-refractivity contribution in [2.24, 2.45) is 0 Å². The van der Waals surface area contributed by atoms with Gasteiger partial charge >= 0.3 is 0 Å². The van der Waals surface area contributed by atoms with Gasteiger partial charge in [0.1, 0.15) is 5.75 Å². The average Bonchev–Trinajstić information content (AvgIpc) is 2.28. The number of phenols is 1. The Morgan fingerprint density at radius 2 is 2.06 bits per heavy atom. The fraction of sp³-hybridized carbons (Fsp3) is 0.231. The topological polar surface area (TPSA) is 58.0 Å². The van der Waals surface area contributed by atoms with Crippen molar-refractivity contribution >= 4 is 12.4 Å². The molecule has 0 bridgehead atoms. The number of nitrogens with one attached hydrogen (secondary N) is 1. The van der Waals surface area contributed by atoms with Crippen LogP contribution in [-0.4, -0.2) is 28.2 Å². The zero-order chi connectivity index (χ0) is 11.7. The van der Waals surface area contributed by atoms with Crippen molar-refractivity contribution in [1.29, 1.82) is 0 Å². The minimum Gasteiger partial charge on any atom is -0.507 e. The van der Waals surface area contributed by atoms with Crippen molar-refractivity contribution in [3.63, 3.8) is 0 Å². The summed E-state index contributed by atoms with van der Waals surface area (Å²) in [6.07, 6.45) is 4.96. The van der Waals surface area contributed by atoms with Gasteiger partial charge in [-0.3, -0.25) is 9.97 Å². The van der Waals surface area contributed by atoms with Gasteiger partial charge in [0, 0.05) is 37.0 Å². The van der Waals surface area contributed by atoms with Crippen molar-refractivity contribution in [3.05, 3.63) is 42.4 Å². The van der Waals surface area contributed by atoms with Gasteiger partial charge in [-0.05, 0) is 11.6 Å². The van der Waals surface area contributed by atoms with Crippen LogP contribution in [0.5, 0.6) is 5.75 Å². The molecular formula is C13H14ClN3O. The third kappa shape index (κ3) is 2.17. The number of phenolic OH excluding ortho intramolecular Hbond substituents is 1. The number of halogens is 1. The van der Waals surface area contributed by atoms with Crippen LogP contribution in [0.15, 0.2) is 36.8 Å². The van der Waals surface area contributed by atoms with E-state index in [0.717, 1.165) is 29.9 Å². The molecule has 0 radical (unpaired) electrons. The highest BCUT2D eigenvalue weighted by Crippen LogP contribution is 2.36. The first-order valence-electron chi connectivity index (χ1n) is 5.65. The molecule has 2 aromatic rings. The molecule has 1 aromatic carbocycles. The molecular weight excluding hydrogens is 250 g/mol. The lowest BCUT2D eigenvalue weighted by Crippen LogP contribution is -2.40. The van der Waals surface area contributed by atoms with E-state index in [-0.39, 0.29) is 18.2 Å². The van der Waals surface area contributed by atoms with E-state index in [1.165, 1.54) is 0 Å². The summed E-state index contributed by atoms with van der Waals surface area (Å²) in [7, 11) is 0. The van der Waals surface area contributed by atoms with Gasteiger partial charge in [0.25, 0.3) is 0 Å². The minimum absolute atomic E-state index is 0. The predicted octanol–water partition coefficient (Wildman–Crippen LogP) is 1.96. The molecule has 1 fully saturated rings. The molecule has 1 aromatic heterocycles. The number of benzene rings is 1. The van der Waals surface area contributed by atoms with Crippen LogP contribution in [0.3, 0.4) is 0 Å². The van der Waals surface area contributed by atoms with Crippen molar-refractivity contribution in [3.8, 4) is 17.0 Å². The lowest BCUT2D eigenvalue weighted by Gasteiger charge is -2.29. The first-order chi connectivity index (χ1) is 8.36. The fourth-order valence-electron chi connectivity index (χ4n) is 2.11. The van der Waals surface area contributed by atoms with Crippen molar-refractivity contribution in [2.45, 2.75) is 5.92 Å². The highest BCUT2D eigenvalue weighted by atomic mass is 35.5. The summed E-state index contributed by atoms with van der Waals surface area (Å²) < 4.78 is 0. The zero-order valence-electron chi connectivity index (χ0n) is 9.71. The van der Waals surface area contributed by atoms with Crippen LogP contribution in [-0.2, 0) is 0 Å². The van der Waals surface area contributed by atoms with Crippen LogP contribution in [0, 0.1) is 0 Å². The maximum atomic E-state index is 10.0. The molecule has 0 atom stereocenters. The predicted molar refractivity (Wildman–Crippen MR) is 72.0 cm³/mol. The maximum Gasteiger partial charge on any atom is 0.125 e. The van der Waals surface area contributed by atoms with E-state index in [1.807, 2.05) is 6.07 Å². The second-order valence-corrected chi connectivity index (χ2v) is 4.19. The molecule has 4 nitrogen and oxygen atoms in total. The first kappa shape index (κ1) is 12.8. The molecule has 94 valence electrons. The molecule has 0 amide bonds. The number of aromatic nitrogens is 2. The Morgan fingerprint density at radius 3 is 2.67 bits per heavy atom. The van der Waals surface area contributed by atoms with E-state index in [2.05, 4.69) is 21.4 Å². The molecule has 0 unspecified atom stereocenters. The molecule has 5 heteroatoms. The van der Waals surface area contributed by atoms with Gasteiger partial charge in [-0.25, -0.2) is 0 Å². The van der Waals surface area contributed by atoms with Gasteiger partial charge in [-0.15, -0.1) is 12.4 Å². The summed E-state index contributed by atoms with van der Waals surface area (Å²) in [5.74, 6) is 0.731. The summed E-state index contributed by atoms with van der Waals surface area (Å²) in [6, 6.07) is 5.62. The van der Waals surface area contributed by atoms with E-state index < -0.39 is 0 Å². The summed E-state index contributed by atoms with van der Waals surface area (Å²) in [5.41, 5.74) is 2.68. The summed E-state index contributed by atoms with van der Waals surface area (Å²) >= 11 is 0. The number of hydrogen-bond donors (Lipinski definition) is 2. The highest BCUT2D eigenvalue weighted by Gasteiger charge is 2.24. The monoisotopic (exact) mass is 263 g/mol. The Hall–Kier alpha value is -1.65. The Kier molecular flexibility index (Phi) is 3.79. The highest BCUT2D eigenvalue weighted by molar-refractivity contribution is 5.85. The zero-order valence-corrected chi connectivity index (χ0v) is 10.5. The van der Waals surface area contributed by atoms with Crippen LogP contribution >= 0.6 is 12.4 Å². The van der Waals surface area contributed by atoms with Gasteiger partial charge in [0.05, 0.1) is 11.9 Å². The molecule has 1 aliphatic heterocycles. The number of nitrogens with zero attached hydrogens (tertiary/aromatic N) is 2. The fourth-order valence-corrected chi connectivity index (χ4v) is 2.11. The Bertz CT molecular complexity index is 529. The SMILES string of the molecule is Cl.Oc1cccc(C2CNC2)c1-c1cnccn1. The van der Waals surface area contributed by atoms with E-state index in [4.69, 9.17) is 0 Å². The lowest BCUT2D eigenvalue weighted by atomic mass is 9.88. The number of hydrogen-bond acceptors (Lipinski definition) is 4. The number of aromatic hydroxyl groups is 1. The van der Waals surface area contributed by atoms with E-state index in [1.54, 1.807) is 24.7 Å². The van der Waals surface area contributed by atoms with E-state index in [0.29, 0.717) is 5.92 Å². The smallest absolute Gasteiger partial charge is 0.125 e. The van der Waals surface area contributed by atoms with Crippen LogP contribution < -0.4 is 5.32 Å². The van der Waals surface area contributed by atoms with E-state index in [9.17, 15) is 5.11 Å². The van der Waals surface area contributed by atoms with Gasteiger partial charge in [0.2, 0.25) is 0 Å². The average molecular weight is 264 g/mol.